The van der Waals surface area contributed by atoms with E-state index in [1.807, 2.05) is 0 Å². The first-order chi connectivity index (χ1) is 10.2. The molecular formula is C16H31N3O2. The molecule has 5 heteroatoms. The highest BCUT2D eigenvalue weighted by molar-refractivity contribution is 5.78. The van der Waals surface area contributed by atoms with E-state index in [1.165, 1.54) is 38.5 Å². The van der Waals surface area contributed by atoms with Crippen LogP contribution in [0.5, 0.6) is 0 Å². The van der Waals surface area contributed by atoms with Crippen molar-refractivity contribution in [3.8, 4) is 0 Å². The molecule has 0 unspecified atom stereocenters. The van der Waals surface area contributed by atoms with Crippen LogP contribution in [0.4, 0.5) is 0 Å². The van der Waals surface area contributed by atoms with E-state index >= 15 is 0 Å². The van der Waals surface area contributed by atoms with Crippen LogP contribution in [0.25, 0.3) is 0 Å². The van der Waals surface area contributed by atoms with E-state index in [0.29, 0.717) is 12.0 Å². The van der Waals surface area contributed by atoms with E-state index in [-0.39, 0.29) is 5.41 Å². The summed E-state index contributed by atoms with van der Waals surface area (Å²) in [6.45, 7) is 3.07. The second kappa shape index (κ2) is 8.59. The number of hydrogen-bond donors (Lipinski definition) is 2. The first-order valence-electron chi connectivity index (χ1n) is 8.37. The van der Waals surface area contributed by atoms with Gasteiger partial charge in [0.1, 0.15) is 0 Å². The van der Waals surface area contributed by atoms with Gasteiger partial charge in [-0.2, -0.15) is 0 Å². The fraction of sp³-hybridized carbons (Fsp3) is 0.938. The Bertz CT molecular complexity index is 314. The van der Waals surface area contributed by atoms with Crippen molar-refractivity contribution >= 4 is 5.96 Å². The maximum atomic E-state index is 6.09. The molecule has 1 saturated heterocycles. The molecule has 2 rings (SSSR count). The number of aliphatic imine (C=N–C) groups is 1. The van der Waals surface area contributed by atoms with E-state index in [9.17, 15) is 0 Å². The van der Waals surface area contributed by atoms with Crippen molar-refractivity contribution in [3.05, 3.63) is 0 Å². The molecule has 0 atom stereocenters. The monoisotopic (exact) mass is 297 g/mol. The highest BCUT2D eigenvalue weighted by Crippen LogP contribution is 2.31. The molecule has 0 aromatic rings. The second-order valence-corrected chi connectivity index (χ2v) is 6.58. The molecule has 0 bridgehead atoms. The maximum absolute atomic E-state index is 6.09. The SMILES string of the molecule is COCC1(CN=C(N)NC2CCCCCC2)CCOCC1. The van der Waals surface area contributed by atoms with Crippen LogP contribution in [0.15, 0.2) is 4.99 Å². The standard InChI is InChI=1S/C16H31N3O2/c1-20-13-16(8-10-21-11-9-16)12-18-15(17)19-14-6-4-2-3-5-7-14/h14H,2-13H2,1H3,(H3,17,18,19). The molecular weight excluding hydrogens is 266 g/mol. The van der Waals surface area contributed by atoms with Crippen LogP contribution < -0.4 is 11.1 Å². The minimum Gasteiger partial charge on any atom is -0.384 e. The Labute approximate surface area is 128 Å². The van der Waals surface area contributed by atoms with Gasteiger partial charge in [-0.25, -0.2) is 0 Å². The summed E-state index contributed by atoms with van der Waals surface area (Å²) in [4.78, 5) is 4.61. The predicted molar refractivity (Wildman–Crippen MR) is 85.5 cm³/mol. The molecule has 0 aromatic carbocycles. The molecule has 0 aromatic heterocycles. The number of methoxy groups -OCH3 is 1. The molecule has 0 radical (unpaired) electrons. The van der Waals surface area contributed by atoms with Crippen molar-refractivity contribution in [2.75, 3.05) is 33.5 Å². The van der Waals surface area contributed by atoms with E-state index in [0.717, 1.165) is 39.2 Å². The van der Waals surface area contributed by atoms with Crippen LogP contribution >= 0.6 is 0 Å². The van der Waals surface area contributed by atoms with Crippen LogP contribution in [0.1, 0.15) is 51.4 Å². The highest BCUT2D eigenvalue weighted by atomic mass is 16.5. The van der Waals surface area contributed by atoms with Gasteiger partial charge < -0.3 is 20.5 Å². The van der Waals surface area contributed by atoms with Gasteiger partial charge in [-0.3, -0.25) is 4.99 Å². The van der Waals surface area contributed by atoms with Gasteiger partial charge in [-0.15, -0.1) is 0 Å². The topological polar surface area (TPSA) is 68.9 Å². The summed E-state index contributed by atoms with van der Waals surface area (Å²) in [7, 11) is 1.76. The van der Waals surface area contributed by atoms with Gasteiger partial charge >= 0.3 is 0 Å². The Morgan fingerprint density at radius 3 is 2.52 bits per heavy atom. The third-order valence-electron chi connectivity index (χ3n) is 4.80. The molecule has 2 fully saturated rings. The van der Waals surface area contributed by atoms with Crippen LogP contribution in [0.3, 0.4) is 0 Å². The minimum atomic E-state index is 0.1000. The van der Waals surface area contributed by atoms with Gasteiger partial charge in [0, 0.05) is 31.8 Å². The highest BCUT2D eigenvalue weighted by Gasteiger charge is 2.32. The molecule has 5 nitrogen and oxygen atoms in total. The quantitative estimate of drug-likeness (QED) is 0.463. The average Bonchev–Trinajstić information content (AvgIpc) is 2.75. The molecule has 1 heterocycles. The zero-order chi connectivity index (χ0) is 15.0. The Morgan fingerprint density at radius 1 is 1.24 bits per heavy atom. The second-order valence-electron chi connectivity index (χ2n) is 6.58. The predicted octanol–water partition coefficient (Wildman–Crippen LogP) is 2.06. The van der Waals surface area contributed by atoms with Gasteiger partial charge in [0.15, 0.2) is 5.96 Å². The van der Waals surface area contributed by atoms with Gasteiger partial charge in [0.2, 0.25) is 0 Å². The lowest BCUT2D eigenvalue weighted by Gasteiger charge is -2.35. The van der Waals surface area contributed by atoms with Crippen LogP contribution in [0.2, 0.25) is 0 Å². The third kappa shape index (κ3) is 5.47. The number of nitrogens with one attached hydrogen (secondary N) is 1. The number of hydrogen-bond acceptors (Lipinski definition) is 3. The van der Waals surface area contributed by atoms with E-state index in [4.69, 9.17) is 15.2 Å². The summed E-state index contributed by atoms with van der Waals surface area (Å²) in [5.41, 5.74) is 6.19. The van der Waals surface area contributed by atoms with Gasteiger partial charge in [0.25, 0.3) is 0 Å². The van der Waals surface area contributed by atoms with E-state index < -0.39 is 0 Å². The summed E-state index contributed by atoms with van der Waals surface area (Å²) in [6.07, 6.45) is 9.74. The van der Waals surface area contributed by atoms with E-state index in [2.05, 4.69) is 10.3 Å². The van der Waals surface area contributed by atoms with Crippen molar-refractivity contribution in [2.24, 2.45) is 16.1 Å². The molecule has 1 aliphatic heterocycles. The maximum Gasteiger partial charge on any atom is 0.188 e. The summed E-state index contributed by atoms with van der Waals surface area (Å²) < 4.78 is 10.9. The van der Waals surface area contributed by atoms with Crippen LogP contribution in [-0.4, -0.2) is 45.5 Å². The Morgan fingerprint density at radius 2 is 1.90 bits per heavy atom. The fourth-order valence-electron chi connectivity index (χ4n) is 3.39. The number of rotatable bonds is 5. The molecule has 0 amide bonds. The first kappa shape index (κ1) is 16.6. The Hall–Kier alpha value is -0.810. The van der Waals surface area contributed by atoms with Gasteiger partial charge in [-0.05, 0) is 25.7 Å². The minimum absolute atomic E-state index is 0.1000. The zero-order valence-corrected chi connectivity index (χ0v) is 13.4. The van der Waals surface area contributed by atoms with Crippen molar-refractivity contribution in [3.63, 3.8) is 0 Å². The summed E-state index contributed by atoms with van der Waals surface area (Å²) >= 11 is 0. The Balaban J connectivity index is 1.84. The van der Waals surface area contributed by atoms with Crippen molar-refractivity contribution in [1.82, 2.24) is 5.32 Å². The van der Waals surface area contributed by atoms with Crippen LogP contribution in [0, 0.1) is 5.41 Å². The van der Waals surface area contributed by atoms with Crippen molar-refractivity contribution in [2.45, 2.75) is 57.4 Å². The lowest BCUT2D eigenvalue weighted by atomic mass is 9.81. The molecule has 122 valence electrons. The molecule has 1 saturated carbocycles. The lowest BCUT2D eigenvalue weighted by molar-refractivity contribution is -0.0223. The lowest BCUT2D eigenvalue weighted by Crippen LogP contribution is -2.42. The first-order valence-corrected chi connectivity index (χ1v) is 8.37. The number of nitrogens with zero attached hydrogens (tertiary/aromatic N) is 1. The number of nitrogens with two attached hydrogens (primary N) is 1. The fourth-order valence-corrected chi connectivity index (χ4v) is 3.39. The smallest absolute Gasteiger partial charge is 0.188 e. The average molecular weight is 297 g/mol. The summed E-state index contributed by atoms with van der Waals surface area (Å²) in [5, 5.41) is 3.41. The largest absolute Gasteiger partial charge is 0.384 e. The zero-order valence-electron chi connectivity index (χ0n) is 13.4. The van der Waals surface area contributed by atoms with E-state index in [1.54, 1.807) is 7.11 Å². The van der Waals surface area contributed by atoms with Crippen LogP contribution in [-0.2, 0) is 9.47 Å². The third-order valence-corrected chi connectivity index (χ3v) is 4.80. The number of ether oxygens (including phenoxy) is 2. The van der Waals surface area contributed by atoms with Gasteiger partial charge in [0.05, 0.1) is 13.2 Å². The molecule has 0 spiro atoms. The molecule has 2 aliphatic rings. The van der Waals surface area contributed by atoms with Crippen molar-refractivity contribution in [1.29, 1.82) is 0 Å². The Kier molecular flexibility index (Phi) is 6.77. The molecule has 3 N–H and O–H groups in total. The van der Waals surface area contributed by atoms with Gasteiger partial charge in [-0.1, -0.05) is 25.7 Å². The summed E-state index contributed by atoms with van der Waals surface area (Å²) in [5.74, 6) is 0.601. The number of guanidine groups is 1. The van der Waals surface area contributed by atoms with Crippen molar-refractivity contribution < 1.29 is 9.47 Å². The normalized spacial score (nSPS) is 24.5. The molecule has 21 heavy (non-hydrogen) atoms. The molecule has 1 aliphatic carbocycles. The summed E-state index contributed by atoms with van der Waals surface area (Å²) in [6, 6.07) is 0.504.